The van der Waals surface area contributed by atoms with Crippen LogP contribution in [-0.4, -0.2) is 38.4 Å². The molecule has 22 heavy (non-hydrogen) atoms. The maximum absolute atomic E-state index is 12.5. The van der Waals surface area contributed by atoms with Crippen molar-refractivity contribution in [3.05, 3.63) is 29.3 Å². The van der Waals surface area contributed by atoms with Crippen molar-refractivity contribution in [2.45, 2.75) is 50.0 Å². The molecule has 1 heterocycles. The first kappa shape index (κ1) is 15.5. The second-order valence-electron chi connectivity index (χ2n) is 6.19. The van der Waals surface area contributed by atoms with E-state index in [1.54, 1.807) is 17.9 Å². The average Bonchev–Trinajstić information content (AvgIpc) is 2.94. The molecule has 1 N–H and O–H groups in total. The van der Waals surface area contributed by atoms with E-state index in [1.807, 2.05) is 12.1 Å². The van der Waals surface area contributed by atoms with E-state index in [4.69, 9.17) is 0 Å². The number of aryl methyl sites for hydroxylation is 2. The zero-order valence-electron chi connectivity index (χ0n) is 12.8. The first-order chi connectivity index (χ1) is 10.5. The van der Waals surface area contributed by atoms with Gasteiger partial charge in [0.2, 0.25) is 15.9 Å². The molecule has 0 unspecified atom stereocenters. The molecule has 5 nitrogen and oxygen atoms in total. The van der Waals surface area contributed by atoms with Gasteiger partial charge in [-0.15, -0.1) is 0 Å². The van der Waals surface area contributed by atoms with E-state index >= 15 is 0 Å². The zero-order valence-corrected chi connectivity index (χ0v) is 13.7. The molecule has 2 aliphatic rings. The molecular weight excluding hydrogens is 300 g/mol. The van der Waals surface area contributed by atoms with Crippen molar-refractivity contribution < 1.29 is 13.2 Å². The number of amides is 1. The normalized spacial score (nSPS) is 19.2. The molecule has 1 fully saturated rings. The van der Waals surface area contributed by atoms with Crippen molar-refractivity contribution in [2.75, 3.05) is 13.1 Å². The van der Waals surface area contributed by atoms with Crippen molar-refractivity contribution in [3.8, 4) is 0 Å². The zero-order chi connectivity index (χ0) is 15.7. The highest BCUT2D eigenvalue weighted by molar-refractivity contribution is 7.89. The number of hydrogen-bond donors (Lipinski definition) is 1. The van der Waals surface area contributed by atoms with E-state index in [-0.39, 0.29) is 11.9 Å². The monoisotopic (exact) mass is 322 g/mol. The fraction of sp³-hybridized carbons (Fsp3) is 0.562. The molecule has 1 amide bonds. The molecule has 0 spiro atoms. The van der Waals surface area contributed by atoms with Crippen LogP contribution in [0.15, 0.2) is 23.1 Å². The van der Waals surface area contributed by atoms with Crippen LogP contribution in [0.1, 0.15) is 37.3 Å². The number of hydrogen-bond acceptors (Lipinski definition) is 3. The van der Waals surface area contributed by atoms with Crippen molar-refractivity contribution in [1.29, 1.82) is 0 Å². The summed E-state index contributed by atoms with van der Waals surface area (Å²) in [5.74, 6) is 0.0555. The summed E-state index contributed by atoms with van der Waals surface area (Å²) >= 11 is 0. The lowest BCUT2D eigenvalue weighted by molar-refractivity contribution is -0.129. The van der Waals surface area contributed by atoms with Gasteiger partial charge < -0.3 is 4.90 Å². The van der Waals surface area contributed by atoms with Crippen LogP contribution in [0, 0.1) is 0 Å². The van der Waals surface area contributed by atoms with Gasteiger partial charge in [0.1, 0.15) is 0 Å². The number of rotatable bonds is 3. The quantitative estimate of drug-likeness (QED) is 0.916. The Morgan fingerprint density at radius 1 is 1.18 bits per heavy atom. The molecular formula is C16H22N2O3S. The summed E-state index contributed by atoms with van der Waals surface area (Å²) in [4.78, 5) is 13.4. The minimum atomic E-state index is -3.47. The molecule has 3 rings (SSSR count). The molecule has 0 saturated carbocycles. The Kier molecular flexibility index (Phi) is 4.23. The SMILES string of the molecule is CC(=O)N1CCC(NS(=O)(=O)c2ccc3c(c2)CCC3)CC1. The van der Waals surface area contributed by atoms with Gasteiger partial charge in [0.05, 0.1) is 4.90 Å². The van der Waals surface area contributed by atoms with Gasteiger partial charge in [-0.1, -0.05) is 6.07 Å². The van der Waals surface area contributed by atoms with E-state index in [1.165, 1.54) is 5.56 Å². The summed E-state index contributed by atoms with van der Waals surface area (Å²) in [7, 11) is -3.47. The minimum absolute atomic E-state index is 0.0555. The van der Waals surface area contributed by atoms with Gasteiger partial charge in [0.15, 0.2) is 0 Å². The Morgan fingerprint density at radius 3 is 2.55 bits per heavy atom. The molecule has 0 atom stereocenters. The summed E-state index contributed by atoms with van der Waals surface area (Å²) in [5, 5.41) is 0. The molecule has 6 heteroatoms. The summed E-state index contributed by atoms with van der Waals surface area (Å²) in [5.41, 5.74) is 2.43. The second kappa shape index (κ2) is 6.01. The third-order valence-electron chi connectivity index (χ3n) is 4.64. The number of benzene rings is 1. The number of likely N-dealkylation sites (tertiary alicyclic amines) is 1. The summed E-state index contributed by atoms with van der Waals surface area (Å²) in [6.45, 7) is 2.79. The standard InChI is InChI=1S/C16H22N2O3S/c1-12(19)18-9-7-15(8-10-18)17-22(20,21)16-6-5-13-3-2-4-14(13)11-16/h5-6,11,15,17H,2-4,7-10H2,1H3. The minimum Gasteiger partial charge on any atom is -0.343 e. The number of sulfonamides is 1. The lowest BCUT2D eigenvalue weighted by Crippen LogP contribution is -2.45. The van der Waals surface area contributed by atoms with Crippen molar-refractivity contribution in [2.24, 2.45) is 0 Å². The lowest BCUT2D eigenvalue weighted by atomic mass is 10.1. The van der Waals surface area contributed by atoms with E-state index in [2.05, 4.69) is 4.72 Å². The van der Waals surface area contributed by atoms with Crippen LogP contribution in [0.3, 0.4) is 0 Å². The van der Waals surface area contributed by atoms with Crippen molar-refractivity contribution >= 4 is 15.9 Å². The molecule has 1 aromatic rings. The smallest absolute Gasteiger partial charge is 0.240 e. The first-order valence-electron chi connectivity index (χ1n) is 7.85. The number of nitrogens with one attached hydrogen (secondary N) is 1. The van der Waals surface area contributed by atoms with Crippen LogP contribution in [0.2, 0.25) is 0 Å². The highest BCUT2D eigenvalue weighted by Gasteiger charge is 2.26. The molecule has 0 bridgehead atoms. The number of carbonyl (C=O) groups excluding carboxylic acids is 1. The van der Waals surface area contributed by atoms with E-state index in [0.717, 1.165) is 24.8 Å². The maximum atomic E-state index is 12.5. The van der Waals surface area contributed by atoms with Gasteiger partial charge in [0.25, 0.3) is 0 Å². The summed E-state index contributed by atoms with van der Waals surface area (Å²) in [6, 6.07) is 5.37. The highest BCUT2D eigenvalue weighted by Crippen LogP contribution is 2.25. The molecule has 1 aliphatic heterocycles. The number of fused-ring (bicyclic) bond motifs is 1. The highest BCUT2D eigenvalue weighted by atomic mass is 32.2. The third kappa shape index (κ3) is 3.17. The third-order valence-corrected chi connectivity index (χ3v) is 6.16. The molecule has 0 aromatic heterocycles. The molecule has 1 saturated heterocycles. The van der Waals surface area contributed by atoms with Crippen LogP contribution in [0.5, 0.6) is 0 Å². The summed E-state index contributed by atoms with van der Waals surface area (Å²) < 4.78 is 27.8. The van der Waals surface area contributed by atoms with E-state index in [9.17, 15) is 13.2 Å². The fourth-order valence-corrected chi connectivity index (χ4v) is 4.67. The predicted octanol–water partition coefficient (Wildman–Crippen LogP) is 1.46. The Bertz CT molecular complexity index is 677. The molecule has 120 valence electrons. The number of carbonyl (C=O) groups is 1. The Labute approximate surface area is 131 Å². The average molecular weight is 322 g/mol. The van der Waals surface area contributed by atoms with Crippen LogP contribution < -0.4 is 4.72 Å². The van der Waals surface area contributed by atoms with Crippen LogP contribution >= 0.6 is 0 Å². The van der Waals surface area contributed by atoms with E-state index in [0.29, 0.717) is 30.8 Å². The van der Waals surface area contributed by atoms with Gasteiger partial charge in [-0.2, -0.15) is 0 Å². The molecule has 0 radical (unpaired) electrons. The van der Waals surface area contributed by atoms with Gasteiger partial charge in [-0.3, -0.25) is 4.79 Å². The van der Waals surface area contributed by atoms with Crippen LogP contribution in [0.25, 0.3) is 0 Å². The van der Waals surface area contributed by atoms with Crippen LogP contribution in [-0.2, 0) is 27.7 Å². The van der Waals surface area contributed by atoms with E-state index < -0.39 is 10.0 Å². The predicted molar refractivity (Wildman–Crippen MR) is 84.1 cm³/mol. The largest absolute Gasteiger partial charge is 0.343 e. The van der Waals surface area contributed by atoms with Crippen LogP contribution in [0.4, 0.5) is 0 Å². The Balaban J connectivity index is 1.68. The van der Waals surface area contributed by atoms with Gasteiger partial charge in [-0.05, 0) is 55.4 Å². The number of piperidine rings is 1. The maximum Gasteiger partial charge on any atom is 0.240 e. The van der Waals surface area contributed by atoms with Gasteiger partial charge in [0, 0.05) is 26.1 Å². The number of nitrogens with zero attached hydrogens (tertiary/aromatic N) is 1. The van der Waals surface area contributed by atoms with Crippen molar-refractivity contribution in [3.63, 3.8) is 0 Å². The van der Waals surface area contributed by atoms with Gasteiger partial charge >= 0.3 is 0 Å². The summed E-state index contributed by atoms with van der Waals surface area (Å²) in [6.07, 6.45) is 4.46. The molecule has 1 aromatic carbocycles. The Morgan fingerprint density at radius 2 is 1.86 bits per heavy atom. The lowest BCUT2D eigenvalue weighted by Gasteiger charge is -2.31. The second-order valence-corrected chi connectivity index (χ2v) is 7.90. The Hall–Kier alpha value is -1.40. The van der Waals surface area contributed by atoms with Crippen molar-refractivity contribution in [1.82, 2.24) is 9.62 Å². The topological polar surface area (TPSA) is 66.5 Å². The molecule has 1 aliphatic carbocycles. The first-order valence-corrected chi connectivity index (χ1v) is 9.34. The fourth-order valence-electron chi connectivity index (χ4n) is 3.32. The van der Waals surface area contributed by atoms with Gasteiger partial charge in [-0.25, -0.2) is 13.1 Å².